The van der Waals surface area contributed by atoms with Crippen molar-refractivity contribution in [3.05, 3.63) is 47.0 Å². The number of aromatic nitrogens is 2. The summed E-state index contributed by atoms with van der Waals surface area (Å²) in [6.45, 7) is 4.18. The van der Waals surface area contributed by atoms with E-state index >= 15 is 0 Å². The second-order valence-electron chi connectivity index (χ2n) is 5.17. The summed E-state index contributed by atoms with van der Waals surface area (Å²) in [5.74, 6) is 0.207. The lowest BCUT2D eigenvalue weighted by molar-refractivity contribution is 0.293. The van der Waals surface area contributed by atoms with Crippen LogP contribution in [0.2, 0.25) is 0 Å². The molecule has 2 rings (SSSR count). The van der Waals surface area contributed by atoms with Gasteiger partial charge in [0.2, 0.25) is 0 Å². The summed E-state index contributed by atoms with van der Waals surface area (Å²) >= 11 is 0. The molecule has 0 saturated heterocycles. The van der Waals surface area contributed by atoms with Crippen LogP contribution in [-0.4, -0.2) is 15.8 Å². The van der Waals surface area contributed by atoms with Crippen molar-refractivity contribution in [1.29, 1.82) is 0 Å². The number of benzene rings is 1. The van der Waals surface area contributed by atoms with Crippen LogP contribution < -0.4 is 10.5 Å². The van der Waals surface area contributed by atoms with Crippen LogP contribution in [0.4, 0.5) is 4.39 Å². The zero-order valence-electron chi connectivity index (χ0n) is 12.1. The van der Waals surface area contributed by atoms with Crippen molar-refractivity contribution in [1.82, 2.24) is 9.78 Å². The standard InChI is InChI=1S/C15H20FN3O/c1-10(17)4-12-6-13(16)8-15(7-12)20-9-14-5-11(2)18-19(14)3/h5-8,10H,4,9,17H2,1-3H3. The van der Waals surface area contributed by atoms with E-state index in [0.29, 0.717) is 18.8 Å². The van der Waals surface area contributed by atoms with Crippen LogP contribution in [-0.2, 0) is 20.1 Å². The van der Waals surface area contributed by atoms with Crippen molar-refractivity contribution in [2.45, 2.75) is 32.9 Å². The van der Waals surface area contributed by atoms with Gasteiger partial charge in [0, 0.05) is 19.2 Å². The molecule has 0 radical (unpaired) electrons. The largest absolute Gasteiger partial charge is 0.487 e. The number of nitrogens with zero attached hydrogens (tertiary/aromatic N) is 2. The highest BCUT2D eigenvalue weighted by atomic mass is 19.1. The molecule has 108 valence electrons. The van der Waals surface area contributed by atoms with Gasteiger partial charge in [-0.05, 0) is 44.0 Å². The van der Waals surface area contributed by atoms with E-state index in [1.807, 2.05) is 33.0 Å². The van der Waals surface area contributed by atoms with E-state index in [4.69, 9.17) is 10.5 Å². The molecule has 0 saturated carbocycles. The van der Waals surface area contributed by atoms with Gasteiger partial charge in [0.15, 0.2) is 0 Å². The second kappa shape index (κ2) is 6.05. The molecule has 0 aliphatic heterocycles. The number of hydrogen-bond acceptors (Lipinski definition) is 3. The van der Waals surface area contributed by atoms with Gasteiger partial charge in [-0.3, -0.25) is 4.68 Å². The van der Waals surface area contributed by atoms with E-state index in [9.17, 15) is 4.39 Å². The molecule has 2 aromatic rings. The summed E-state index contributed by atoms with van der Waals surface area (Å²) in [6.07, 6.45) is 0.624. The molecule has 1 heterocycles. The predicted octanol–water partition coefficient (Wildman–Crippen LogP) is 2.34. The first-order valence-electron chi connectivity index (χ1n) is 6.61. The molecule has 1 aromatic carbocycles. The summed E-state index contributed by atoms with van der Waals surface area (Å²) in [5, 5.41) is 4.24. The van der Waals surface area contributed by atoms with Gasteiger partial charge in [0.05, 0.1) is 11.4 Å². The van der Waals surface area contributed by atoms with Crippen LogP contribution in [0.1, 0.15) is 23.9 Å². The molecule has 0 aliphatic rings. The predicted molar refractivity (Wildman–Crippen MR) is 76.0 cm³/mol. The molecule has 0 fully saturated rings. The number of halogens is 1. The normalized spacial score (nSPS) is 12.4. The molecular formula is C15H20FN3O. The maximum absolute atomic E-state index is 13.5. The molecule has 0 bridgehead atoms. The van der Waals surface area contributed by atoms with Gasteiger partial charge in [0.1, 0.15) is 18.2 Å². The van der Waals surface area contributed by atoms with Crippen LogP contribution in [0.3, 0.4) is 0 Å². The maximum Gasteiger partial charge on any atom is 0.130 e. The fraction of sp³-hybridized carbons (Fsp3) is 0.400. The molecule has 5 heteroatoms. The molecule has 1 aromatic heterocycles. The lowest BCUT2D eigenvalue weighted by atomic mass is 10.1. The van der Waals surface area contributed by atoms with Gasteiger partial charge in [-0.15, -0.1) is 0 Å². The first kappa shape index (κ1) is 14.5. The topological polar surface area (TPSA) is 53.1 Å². The van der Waals surface area contributed by atoms with Crippen molar-refractivity contribution >= 4 is 0 Å². The number of nitrogens with two attached hydrogens (primary N) is 1. The lowest BCUT2D eigenvalue weighted by Crippen LogP contribution is -2.17. The zero-order valence-corrected chi connectivity index (χ0v) is 12.1. The van der Waals surface area contributed by atoms with Crippen LogP contribution in [0.15, 0.2) is 24.3 Å². The monoisotopic (exact) mass is 277 g/mol. The molecule has 1 unspecified atom stereocenters. The summed E-state index contributed by atoms with van der Waals surface area (Å²) in [6, 6.07) is 6.64. The first-order chi connectivity index (χ1) is 9.44. The van der Waals surface area contributed by atoms with Crippen LogP contribution in [0, 0.1) is 12.7 Å². The summed E-state index contributed by atoms with van der Waals surface area (Å²) in [7, 11) is 1.86. The fourth-order valence-corrected chi connectivity index (χ4v) is 2.15. The van der Waals surface area contributed by atoms with E-state index in [2.05, 4.69) is 5.10 Å². The smallest absolute Gasteiger partial charge is 0.130 e. The molecular weight excluding hydrogens is 257 g/mol. The first-order valence-corrected chi connectivity index (χ1v) is 6.61. The Hall–Kier alpha value is -1.88. The average molecular weight is 277 g/mol. The number of hydrogen-bond donors (Lipinski definition) is 1. The maximum atomic E-state index is 13.5. The van der Waals surface area contributed by atoms with Crippen LogP contribution >= 0.6 is 0 Å². The van der Waals surface area contributed by atoms with Gasteiger partial charge in [-0.2, -0.15) is 5.10 Å². The Morgan fingerprint density at radius 3 is 2.70 bits per heavy atom. The average Bonchev–Trinajstić information content (AvgIpc) is 2.63. The van der Waals surface area contributed by atoms with Crippen molar-refractivity contribution in [2.24, 2.45) is 12.8 Å². The minimum atomic E-state index is -0.306. The van der Waals surface area contributed by atoms with Crippen molar-refractivity contribution in [2.75, 3.05) is 0 Å². The SMILES string of the molecule is Cc1cc(COc2cc(F)cc(CC(C)N)c2)n(C)n1. The summed E-state index contributed by atoms with van der Waals surface area (Å²) < 4.78 is 21.0. The van der Waals surface area contributed by atoms with Crippen molar-refractivity contribution in [3.63, 3.8) is 0 Å². The molecule has 2 N–H and O–H groups in total. The minimum absolute atomic E-state index is 0.00984. The Bertz CT molecular complexity index is 593. The Balaban J connectivity index is 2.09. The minimum Gasteiger partial charge on any atom is -0.487 e. The van der Waals surface area contributed by atoms with E-state index in [1.54, 1.807) is 4.68 Å². The quantitative estimate of drug-likeness (QED) is 0.912. The molecule has 20 heavy (non-hydrogen) atoms. The van der Waals surface area contributed by atoms with E-state index < -0.39 is 0 Å². The van der Waals surface area contributed by atoms with E-state index in [-0.39, 0.29) is 11.9 Å². The molecule has 4 nitrogen and oxygen atoms in total. The van der Waals surface area contributed by atoms with Gasteiger partial charge in [0.25, 0.3) is 0 Å². The summed E-state index contributed by atoms with van der Waals surface area (Å²) in [5.41, 5.74) is 8.46. The fourth-order valence-electron chi connectivity index (χ4n) is 2.15. The van der Waals surface area contributed by atoms with Gasteiger partial charge >= 0.3 is 0 Å². The lowest BCUT2D eigenvalue weighted by Gasteiger charge is -2.10. The number of ether oxygens (including phenoxy) is 1. The second-order valence-corrected chi connectivity index (χ2v) is 5.17. The molecule has 0 amide bonds. The zero-order chi connectivity index (χ0) is 14.7. The van der Waals surface area contributed by atoms with Gasteiger partial charge in [-0.1, -0.05) is 0 Å². The third-order valence-electron chi connectivity index (χ3n) is 2.97. The third kappa shape index (κ3) is 3.81. The highest BCUT2D eigenvalue weighted by Crippen LogP contribution is 2.19. The third-order valence-corrected chi connectivity index (χ3v) is 2.97. The van der Waals surface area contributed by atoms with Crippen molar-refractivity contribution < 1.29 is 9.13 Å². The highest BCUT2D eigenvalue weighted by Gasteiger charge is 2.07. The van der Waals surface area contributed by atoms with Crippen LogP contribution in [0.25, 0.3) is 0 Å². The van der Waals surface area contributed by atoms with E-state index in [0.717, 1.165) is 17.0 Å². The van der Waals surface area contributed by atoms with Gasteiger partial charge in [-0.25, -0.2) is 4.39 Å². The molecule has 0 aliphatic carbocycles. The van der Waals surface area contributed by atoms with Gasteiger partial charge < -0.3 is 10.5 Å². The van der Waals surface area contributed by atoms with Crippen molar-refractivity contribution in [3.8, 4) is 5.75 Å². The Morgan fingerprint density at radius 1 is 1.35 bits per heavy atom. The number of aryl methyl sites for hydroxylation is 2. The van der Waals surface area contributed by atoms with Crippen LogP contribution in [0.5, 0.6) is 5.75 Å². The summed E-state index contributed by atoms with van der Waals surface area (Å²) in [4.78, 5) is 0. The highest BCUT2D eigenvalue weighted by molar-refractivity contribution is 5.30. The molecule has 0 spiro atoms. The molecule has 1 atom stereocenters. The Kier molecular flexibility index (Phi) is 4.39. The Morgan fingerprint density at radius 2 is 2.10 bits per heavy atom. The van der Waals surface area contributed by atoms with E-state index in [1.165, 1.54) is 12.1 Å². The number of rotatable bonds is 5. The Labute approximate surface area is 118 Å².